The Morgan fingerprint density at radius 1 is 2.00 bits per heavy atom. The van der Waals surface area contributed by atoms with Gasteiger partial charge in [0.1, 0.15) is 11.8 Å². The number of hydrogen-bond acceptors (Lipinski definition) is 3. The van der Waals surface area contributed by atoms with Crippen molar-refractivity contribution < 1.29 is 0 Å². The SMILES string of the molecule is CN1[C]N=C(C#N)C1. The van der Waals surface area contributed by atoms with Gasteiger partial charge in [0.2, 0.25) is 0 Å². The van der Waals surface area contributed by atoms with E-state index in [1.807, 2.05) is 13.1 Å². The Morgan fingerprint density at radius 2 is 2.75 bits per heavy atom. The first-order chi connectivity index (χ1) is 3.83. The summed E-state index contributed by atoms with van der Waals surface area (Å²) in [5.41, 5.74) is 0.535. The minimum absolute atomic E-state index is 0.535. The van der Waals surface area contributed by atoms with Crippen LogP contribution in [0.25, 0.3) is 0 Å². The molecule has 0 unspecified atom stereocenters. The standard InChI is InChI=1S/C5H5N3/c1-8-3-5(2-6)7-4-8/h3H2,1H3. The van der Waals surface area contributed by atoms with Crippen LogP contribution in [-0.2, 0) is 0 Å². The summed E-state index contributed by atoms with van der Waals surface area (Å²) in [6.07, 6.45) is 0. The van der Waals surface area contributed by atoms with E-state index < -0.39 is 0 Å². The van der Waals surface area contributed by atoms with Gasteiger partial charge in [-0.2, -0.15) is 5.26 Å². The molecule has 0 atom stereocenters. The van der Waals surface area contributed by atoms with Crippen molar-refractivity contribution in [3.63, 3.8) is 0 Å². The van der Waals surface area contributed by atoms with Crippen molar-refractivity contribution in [1.29, 1.82) is 5.26 Å². The molecule has 1 aliphatic rings. The van der Waals surface area contributed by atoms with E-state index in [2.05, 4.69) is 11.7 Å². The Balaban J connectivity index is 2.53. The molecule has 0 saturated heterocycles. The smallest absolute Gasteiger partial charge is 0.200 e. The summed E-state index contributed by atoms with van der Waals surface area (Å²) in [6, 6.07) is 1.94. The molecular weight excluding hydrogens is 102 g/mol. The first kappa shape index (κ1) is 5.26. The molecule has 0 aliphatic carbocycles. The van der Waals surface area contributed by atoms with E-state index in [0.717, 1.165) is 0 Å². The number of rotatable bonds is 0. The lowest BCUT2D eigenvalue weighted by Gasteiger charge is -1.98. The van der Waals surface area contributed by atoms with Gasteiger partial charge >= 0.3 is 0 Å². The molecule has 0 amide bonds. The summed E-state index contributed by atoms with van der Waals surface area (Å²) in [5, 5.41) is 8.24. The molecule has 8 heavy (non-hydrogen) atoms. The average molecular weight is 107 g/mol. The fourth-order valence-corrected chi connectivity index (χ4v) is 0.501. The van der Waals surface area contributed by atoms with E-state index in [1.165, 1.54) is 0 Å². The fourth-order valence-electron chi connectivity index (χ4n) is 0.501. The largest absolute Gasteiger partial charge is 0.269 e. The van der Waals surface area contributed by atoms with Crippen LogP contribution in [0.1, 0.15) is 0 Å². The van der Waals surface area contributed by atoms with Crippen LogP contribution in [0.3, 0.4) is 0 Å². The van der Waals surface area contributed by atoms with Gasteiger partial charge in [-0.05, 0) is 7.05 Å². The van der Waals surface area contributed by atoms with Crippen molar-refractivity contribution in [3.8, 4) is 6.07 Å². The Labute approximate surface area is 48.2 Å². The molecule has 1 rings (SSSR count). The second-order valence-corrected chi connectivity index (χ2v) is 1.63. The third kappa shape index (κ3) is 0.849. The van der Waals surface area contributed by atoms with Gasteiger partial charge < -0.3 is 0 Å². The molecule has 0 aromatic rings. The normalized spacial score (nSPS) is 20.2. The fraction of sp³-hybridized carbons (Fsp3) is 0.400. The van der Waals surface area contributed by atoms with Crippen LogP contribution < -0.4 is 0 Å². The molecule has 0 spiro atoms. The molecule has 0 aromatic heterocycles. The topological polar surface area (TPSA) is 39.4 Å². The van der Waals surface area contributed by atoms with Crippen LogP contribution in [-0.4, -0.2) is 24.2 Å². The lowest BCUT2D eigenvalue weighted by Crippen LogP contribution is -2.13. The molecule has 2 radical (unpaired) electrons. The van der Waals surface area contributed by atoms with Crippen LogP contribution in [0.5, 0.6) is 0 Å². The van der Waals surface area contributed by atoms with Gasteiger partial charge in [0.05, 0.1) is 6.54 Å². The summed E-state index contributed by atoms with van der Waals surface area (Å²) in [5.74, 6) is 0. The third-order valence-electron chi connectivity index (χ3n) is 0.872. The zero-order valence-corrected chi connectivity index (χ0v) is 4.55. The first-order valence-corrected chi connectivity index (χ1v) is 2.26. The van der Waals surface area contributed by atoms with Crippen molar-refractivity contribution in [2.24, 2.45) is 4.99 Å². The molecule has 0 fully saturated rings. The highest BCUT2D eigenvalue weighted by Gasteiger charge is 2.10. The predicted octanol–water partition coefficient (Wildman–Crippen LogP) is -0.107. The Morgan fingerprint density at radius 3 is 3.00 bits per heavy atom. The van der Waals surface area contributed by atoms with Crippen molar-refractivity contribution in [3.05, 3.63) is 6.67 Å². The molecular formula is C5H5N3. The summed E-state index contributed by atoms with van der Waals surface area (Å²) in [6.45, 7) is 3.23. The van der Waals surface area contributed by atoms with Crippen LogP contribution in [0.15, 0.2) is 4.99 Å². The molecule has 3 heteroatoms. The Hall–Kier alpha value is -0.880. The third-order valence-corrected chi connectivity index (χ3v) is 0.872. The average Bonchev–Trinajstić information content (AvgIpc) is 2.14. The van der Waals surface area contributed by atoms with Crippen molar-refractivity contribution >= 4 is 5.71 Å². The van der Waals surface area contributed by atoms with Crippen molar-refractivity contribution in [1.82, 2.24) is 4.90 Å². The summed E-state index contributed by atoms with van der Waals surface area (Å²) in [4.78, 5) is 5.40. The zero-order valence-electron chi connectivity index (χ0n) is 4.55. The minimum atomic E-state index is 0.535. The van der Waals surface area contributed by atoms with Gasteiger partial charge in [-0.25, -0.2) is 4.99 Å². The number of nitriles is 1. The van der Waals surface area contributed by atoms with Gasteiger partial charge in [0, 0.05) is 0 Å². The molecule has 0 bridgehead atoms. The zero-order chi connectivity index (χ0) is 5.98. The maximum absolute atomic E-state index is 8.24. The Kier molecular flexibility index (Phi) is 1.27. The summed E-state index contributed by atoms with van der Waals surface area (Å²) >= 11 is 0. The maximum atomic E-state index is 8.24. The number of nitrogens with zero attached hydrogens (tertiary/aromatic N) is 3. The van der Waals surface area contributed by atoms with Crippen LogP contribution >= 0.6 is 0 Å². The highest BCUT2D eigenvalue weighted by atomic mass is 15.2. The first-order valence-electron chi connectivity index (χ1n) is 2.26. The van der Waals surface area contributed by atoms with Gasteiger partial charge in [-0.15, -0.1) is 0 Å². The Bertz CT molecular complexity index is 154. The minimum Gasteiger partial charge on any atom is -0.269 e. The lowest BCUT2D eigenvalue weighted by molar-refractivity contribution is 0.488. The molecule has 1 heterocycles. The lowest BCUT2D eigenvalue weighted by atomic mass is 10.4. The monoisotopic (exact) mass is 107 g/mol. The summed E-state index contributed by atoms with van der Waals surface area (Å²) < 4.78 is 0. The quantitative estimate of drug-likeness (QED) is 0.433. The van der Waals surface area contributed by atoms with E-state index in [-0.39, 0.29) is 0 Å². The molecule has 1 aliphatic heterocycles. The van der Waals surface area contributed by atoms with Gasteiger partial charge in [-0.1, -0.05) is 0 Å². The van der Waals surface area contributed by atoms with E-state index in [0.29, 0.717) is 12.3 Å². The van der Waals surface area contributed by atoms with Crippen LogP contribution in [0.4, 0.5) is 0 Å². The van der Waals surface area contributed by atoms with Gasteiger partial charge in [0.25, 0.3) is 0 Å². The molecule has 0 N–H and O–H groups in total. The van der Waals surface area contributed by atoms with E-state index >= 15 is 0 Å². The predicted molar refractivity (Wildman–Crippen MR) is 28.9 cm³/mol. The molecule has 0 saturated carbocycles. The molecule has 3 nitrogen and oxygen atoms in total. The van der Waals surface area contributed by atoms with E-state index in [9.17, 15) is 0 Å². The van der Waals surface area contributed by atoms with Gasteiger partial charge in [0.15, 0.2) is 6.67 Å². The maximum Gasteiger partial charge on any atom is 0.200 e. The highest BCUT2D eigenvalue weighted by molar-refractivity contribution is 6.01. The second kappa shape index (κ2) is 1.93. The van der Waals surface area contributed by atoms with Crippen LogP contribution in [0.2, 0.25) is 0 Å². The molecule has 40 valence electrons. The van der Waals surface area contributed by atoms with Crippen molar-refractivity contribution in [2.75, 3.05) is 13.6 Å². The highest BCUT2D eigenvalue weighted by Crippen LogP contribution is 1.99. The number of aliphatic imine (C=N–C) groups is 1. The number of hydrogen-bond donors (Lipinski definition) is 0. The van der Waals surface area contributed by atoms with E-state index in [4.69, 9.17) is 5.26 Å². The van der Waals surface area contributed by atoms with Crippen molar-refractivity contribution in [2.45, 2.75) is 0 Å². The summed E-state index contributed by atoms with van der Waals surface area (Å²) in [7, 11) is 1.83. The van der Waals surface area contributed by atoms with Gasteiger partial charge in [-0.3, -0.25) is 4.90 Å². The van der Waals surface area contributed by atoms with E-state index in [1.54, 1.807) is 4.90 Å². The second-order valence-electron chi connectivity index (χ2n) is 1.63. The van der Waals surface area contributed by atoms with Crippen LogP contribution in [0, 0.1) is 18.0 Å². The molecule has 0 aromatic carbocycles.